The van der Waals surface area contributed by atoms with Crippen molar-refractivity contribution in [3.63, 3.8) is 0 Å². The molecule has 4 aromatic rings. The van der Waals surface area contributed by atoms with Crippen molar-refractivity contribution < 1.29 is 23.0 Å². The number of hydrogen-bond donors (Lipinski definition) is 1. The first-order valence-electron chi connectivity index (χ1n) is 9.52. The summed E-state index contributed by atoms with van der Waals surface area (Å²) in [6, 6.07) is 14.3. The molecular formula is C24H17F3N2O3. The second-order valence-electron chi connectivity index (χ2n) is 6.91. The molecule has 0 atom stereocenters. The van der Waals surface area contributed by atoms with Crippen molar-refractivity contribution in [1.82, 2.24) is 9.38 Å². The normalized spacial score (nSPS) is 11.9. The topological polar surface area (TPSA) is 63.8 Å². The molecule has 0 bridgehead atoms. The van der Waals surface area contributed by atoms with Crippen molar-refractivity contribution in [3.8, 4) is 22.6 Å². The molecule has 0 amide bonds. The molecule has 0 spiro atoms. The first-order chi connectivity index (χ1) is 15.3. The Balaban J connectivity index is 1.90. The zero-order valence-corrected chi connectivity index (χ0v) is 16.8. The number of benzene rings is 2. The molecule has 0 aliphatic rings. The lowest BCUT2D eigenvalue weighted by Gasteiger charge is -2.11. The molecule has 162 valence electrons. The van der Waals surface area contributed by atoms with Crippen LogP contribution in [0.3, 0.4) is 0 Å². The number of para-hydroxylation sites is 1. The number of hydrogen-bond acceptors (Lipinski definition) is 4. The van der Waals surface area contributed by atoms with E-state index in [2.05, 4.69) is 4.98 Å². The van der Waals surface area contributed by atoms with E-state index in [1.54, 1.807) is 48.7 Å². The lowest BCUT2D eigenvalue weighted by Crippen LogP contribution is -2.18. The van der Waals surface area contributed by atoms with E-state index < -0.39 is 17.3 Å². The summed E-state index contributed by atoms with van der Waals surface area (Å²) >= 11 is 0. The molecule has 0 saturated carbocycles. The van der Waals surface area contributed by atoms with Gasteiger partial charge in [0, 0.05) is 11.8 Å². The first kappa shape index (κ1) is 21.2. The number of halogens is 3. The maximum absolute atomic E-state index is 13.2. The van der Waals surface area contributed by atoms with E-state index in [1.807, 2.05) is 0 Å². The highest BCUT2D eigenvalue weighted by Crippen LogP contribution is 2.33. The lowest BCUT2D eigenvalue weighted by molar-refractivity contribution is -0.137. The second-order valence-corrected chi connectivity index (χ2v) is 6.91. The molecule has 0 radical (unpaired) electrons. The van der Waals surface area contributed by atoms with Gasteiger partial charge in [-0.15, -0.1) is 0 Å². The van der Waals surface area contributed by atoms with Gasteiger partial charge in [0.05, 0.1) is 23.9 Å². The van der Waals surface area contributed by atoms with Crippen molar-refractivity contribution >= 4 is 17.8 Å². The smallest absolute Gasteiger partial charge is 0.416 e. The van der Waals surface area contributed by atoms with Crippen LogP contribution in [-0.2, 0) is 6.18 Å². The van der Waals surface area contributed by atoms with Crippen molar-refractivity contribution in [2.24, 2.45) is 0 Å². The number of methoxy groups -OCH3 is 1. The number of alkyl halides is 3. The van der Waals surface area contributed by atoms with Crippen molar-refractivity contribution in [3.05, 3.63) is 94.0 Å². The molecule has 2 aromatic heterocycles. The molecule has 1 N–H and O–H groups in total. The Morgan fingerprint density at radius 2 is 1.75 bits per heavy atom. The van der Waals surface area contributed by atoms with Crippen LogP contribution >= 0.6 is 0 Å². The van der Waals surface area contributed by atoms with Gasteiger partial charge in [-0.2, -0.15) is 13.2 Å². The fraction of sp³-hybridized carbons (Fsp3) is 0.0833. The Bertz CT molecular complexity index is 1370. The molecule has 5 nitrogen and oxygen atoms in total. The maximum Gasteiger partial charge on any atom is 0.416 e. The van der Waals surface area contributed by atoms with Crippen LogP contribution in [-0.4, -0.2) is 21.6 Å². The van der Waals surface area contributed by atoms with E-state index in [0.717, 1.165) is 12.1 Å². The second kappa shape index (κ2) is 8.22. The lowest BCUT2D eigenvalue weighted by atomic mass is 10.0. The molecule has 0 aliphatic carbocycles. The molecule has 0 unspecified atom stereocenters. The minimum Gasteiger partial charge on any atom is -0.504 e. The number of aromatic hydroxyl groups is 1. The molecule has 8 heteroatoms. The van der Waals surface area contributed by atoms with E-state index >= 15 is 0 Å². The summed E-state index contributed by atoms with van der Waals surface area (Å²) in [5.41, 5.74) is 0.256. The molecule has 0 fully saturated rings. The van der Waals surface area contributed by atoms with Crippen molar-refractivity contribution in [2.45, 2.75) is 6.18 Å². The number of nitrogens with zero attached hydrogens (tertiary/aromatic N) is 2. The van der Waals surface area contributed by atoms with Crippen LogP contribution in [0.4, 0.5) is 13.2 Å². The predicted molar refractivity (Wildman–Crippen MR) is 115 cm³/mol. The van der Waals surface area contributed by atoms with Gasteiger partial charge in [0.2, 0.25) is 0 Å². The molecule has 4 rings (SSSR count). The zero-order valence-electron chi connectivity index (χ0n) is 16.8. The van der Waals surface area contributed by atoms with Gasteiger partial charge < -0.3 is 9.84 Å². The number of ether oxygens (including phenoxy) is 1. The SMILES string of the molecule is COc1cccc(/C=C/c2nc3ccccn3c(=O)c2-c2ccc(C(F)(F)F)cc2)c1O. The van der Waals surface area contributed by atoms with Crippen LogP contribution in [0.2, 0.25) is 0 Å². The van der Waals surface area contributed by atoms with Gasteiger partial charge in [-0.05, 0) is 48.0 Å². The minimum absolute atomic E-state index is 0.0835. The zero-order chi connectivity index (χ0) is 22.9. The summed E-state index contributed by atoms with van der Waals surface area (Å²) in [7, 11) is 1.43. The number of fused-ring (bicyclic) bond motifs is 1. The van der Waals surface area contributed by atoms with Crippen LogP contribution in [0.1, 0.15) is 16.8 Å². The Morgan fingerprint density at radius 3 is 2.44 bits per heavy atom. The average Bonchev–Trinajstić information content (AvgIpc) is 2.78. The first-order valence-corrected chi connectivity index (χ1v) is 9.52. The van der Waals surface area contributed by atoms with Gasteiger partial charge >= 0.3 is 6.18 Å². The van der Waals surface area contributed by atoms with E-state index in [4.69, 9.17) is 4.74 Å². The van der Waals surface area contributed by atoms with Crippen molar-refractivity contribution in [2.75, 3.05) is 7.11 Å². The molecule has 0 aliphatic heterocycles. The number of aromatic nitrogens is 2. The van der Waals surface area contributed by atoms with Crippen LogP contribution in [0, 0.1) is 0 Å². The van der Waals surface area contributed by atoms with Gasteiger partial charge in [-0.3, -0.25) is 9.20 Å². The van der Waals surface area contributed by atoms with Crippen molar-refractivity contribution in [1.29, 1.82) is 0 Å². The van der Waals surface area contributed by atoms with E-state index in [9.17, 15) is 23.1 Å². The third-order valence-electron chi connectivity index (χ3n) is 4.93. The molecule has 2 aromatic carbocycles. The minimum atomic E-state index is -4.48. The molecule has 32 heavy (non-hydrogen) atoms. The van der Waals surface area contributed by atoms with Gasteiger partial charge in [0.15, 0.2) is 11.5 Å². The average molecular weight is 438 g/mol. The highest BCUT2D eigenvalue weighted by atomic mass is 19.4. The number of phenolic OH excluding ortho intramolecular Hbond substituents is 1. The van der Waals surface area contributed by atoms with E-state index in [-0.39, 0.29) is 22.8 Å². The third-order valence-corrected chi connectivity index (χ3v) is 4.93. The highest BCUT2D eigenvalue weighted by molar-refractivity contribution is 5.81. The number of pyridine rings is 1. The Hall–Kier alpha value is -4.07. The third kappa shape index (κ3) is 3.94. The van der Waals surface area contributed by atoms with Crippen LogP contribution in [0.25, 0.3) is 28.9 Å². The van der Waals surface area contributed by atoms with Gasteiger partial charge in [0.1, 0.15) is 5.65 Å². The summed E-state index contributed by atoms with van der Waals surface area (Å²) in [5, 5.41) is 10.3. The van der Waals surface area contributed by atoms with Gasteiger partial charge in [0.25, 0.3) is 5.56 Å². The Morgan fingerprint density at radius 1 is 1.00 bits per heavy atom. The number of rotatable bonds is 4. The molecule has 2 heterocycles. The maximum atomic E-state index is 13.2. The molecular weight excluding hydrogens is 421 g/mol. The van der Waals surface area contributed by atoms with Crippen LogP contribution in [0.15, 0.2) is 71.7 Å². The summed E-state index contributed by atoms with van der Waals surface area (Å²) < 4.78 is 45.3. The highest BCUT2D eigenvalue weighted by Gasteiger charge is 2.30. The largest absolute Gasteiger partial charge is 0.504 e. The predicted octanol–water partition coefficient (Wildman–Crippen LogP) is 5.26. The Kier molecular flexibility index (Phi) is 5.44. The van der Waals surface area contributed by atoms with E-state index in [1.165, 1.54) is 29.7 Å². The fourth-order valence-electron chi connectivity index (χ4n) is 3.33. The summed E-state index contributed by atoms with van der Waals surface area (Å²) in [5.74, 6) is 0.196. The number of phenols is 1. The fourth-order valence-corrected chi connectivity index (χ4v) is 3.33. The van der Waals surface area contributed by atoms with Crippen LogP contribution in [0.5, 0.6) is 11.5 Å². The van der Waals surface area contributed by atoms with E-state index in [0.29, 0.717) is 16.8 Å². The standard InChI is InChI=1S/C24H17F3N2O3/c1-32-19-6-4-5-16(22(19)30)10-13-18-21(15-8-11-17(12-9-15)24(25,26)27)23(31)29-14-3-2-7-20(29)28-18/h2-14,30H,1H3/b13-10+. The quantitative estimate of drug-likeness (QED) is 0.472. The van der Waals surface area contributed by atoms with Gasteiger partial charge in [-0.25, -0.2) is 4.98 Å². The molecule has 0 saturated heterocycles. The monoisotopic (exact) mass is 438 g/mol. The van der Waals surface area contributed by atoms with Gasteiger partial charge in [-0.1, -0.05) is 30.3 Å². The summed E-state index contributed by atoms with van der Waals surface area (Å²) in [4.78, 5) is 17.7. The Labute approximate surface area is 180 Å². The van der Waals surface area contributed by atoms with Crippen LogP contribution < -0.4 is 10.3 Å². The summed E-state index contributed by atoms with van der Waals surface area (Å²) in [6.07, 6.45) is 0.157. The summed E-state index contributed by atoms with van der Waals surface area (Å²) in [6.45, 7) is 0.